The zero-order valence-corrected chi connectivity index (χ0v) is 20.1. The SMILES string of the molecule is Cc1cc(C(C)Nc2ccc(Cl)nc2-c2noc(=O)[nH]2)c2oc(-c3cnn(C)c3)c(C)c(=O)c2c1. The van der Waals surface area contributed by atoms with Crippen molar-refractivity contribution in [2.75, 3.05) is 5.32 Å². The molecule has 4 aromatic heterocycles. The third kappa shape index (κ3) is 4.12. The number of fused-ring (bicyclic) bond motifs is 1. The average Bonchev–Trinajstić information content (AvgIpc) is 3.45. The molecule has 5 rings (SSSR count). The number of benzene rings is 1. The third-order valence-corrected chi connectivity index (χ3v) is 5.93. The molecule has 35 heavy (non-hydrogen) atoms. The molecule has 0 radical (unpaired) electrons. The Morgan fingerprint density at radius 3 is 2.69 bits per heavy atom. The number of H-pyrrole nitrogens is 1. The quantitative estimate of drug-likeness (QED) is 0.345. The Balaban J connectivity index is 1.64. The van der Waals surface area contributed by atoms with Crippen LogP contribution in [0.2, 0.25) is 5.15 Å². The number of hydrogen-bond donors (Lipinski definition) is 2. The second kappa shape index (κ2) is 8.55. The highest BCUT2D eigenvalue weighted by Crippen LogP contribution is 2.33. The van der Waals surface area contributed by atoms with E-state index in [0.29, 0.717) is 33.7 Å². The van der Waals surface area contributed by atoms with Gasteiger partial charge in [0.15, 0.2) is 5.43 Å². The fraction of sp³-hybridized carbons (Fsp3) is 0.208. The van der Waals surface area contributed by atoms with Gasteiger partial charge in [-0.2, -0.15) is 5.10 Å². The van der Waals surface area contributed by atoms with Crippen molar-refractivity contribution in [1.82, 2.24) is 24.9 Å². The van der Waals surface area contributed by atoms with Crippen LogP contribution in [0.1, 0.15) is 29.7 Å². The standard InChI is InChI=1S/C24H21ClN6O4/c1-11-7-15(13(3)27-17-5-6-18(25)28-19(17)23-29-24(33)35-30-23)22-16(8-11)20(32)12(2)21(34-22)14-9-26-31(4)10-14/h5-10,13,27H,1-4H3,(H,29,30,33). The average molecular weight is 493 g/mol. The minimum atomic E-state index is -0.703. The highest BCUT2D eigenvalue weighted by molar-refractivity contribution is 6.29. The zero-order chi connectivity index (χ0) is 24.9. The van der Waals surface area contributed by atoms with E-state index in [1.54, 1.807) is 43.2 Å². The molecule has 11 heteroatoms. The van der Waals surface area contributed by atoms with Gasteiger partial charge in [0, 0.05) is 24.4 Å². The maximum atomic E-state index is 13.3. The molecule has 178 valence electrons. The van der Waals surface area contributed by atoms with Gasteiger partial charge in [0.25, 0.3) is 0 Å². The van der Waals surface area contributed by atoms with E-state index in [-0.39, 0.29) is 22.4 Å². The maximum Gasteiger partial charge on any atom is 0.439 e. The Labute approximate surface area is 203 Å². The Morgan fingerprint density at radius 2 is 2.00 bits per heavy atom. The summed E-state index contributed by atoms with van der Waals surface area (Å²) >= 11 is 6.09. The number of pyridine rings is 1. The highest BCUT2D eigenvalue weighted by atomic mass is 35.5. The summed E-state index contributed by atoms with van der Waals surface area (Å²) in [6, 6.07) is 6.81. The van der Waals surface area contributed by atoms with Crippen LogP contribution in [-0.2, 0) is 7.05 Å². The van der Waals surface area contributed by atoms with Gasteiger partial charge in [0.2, 0.25) is 5.82 Å². The van der Waals surface area contributed by atoms with Gasteiger partial charge in [-0.15, -0.1) is 0 Å². The van der Waals surface area contributed by atoms with Crippen molar-refractivity contribution < 1.29 is 8.94 Å². The number of rotatable bonds is 5. The number of aromatic nitrogens is 5. The minimum absolute atomic E-state index is 0.101. The largest absolute Gasteiger partial charge is 0.455 e. The molecular formula is C24H21ClN6O4. The Kier molecular flexibility index (Phi) is 5.52. The van der Waals surface area contributed by atoms with E-state index in [9.17, 15) is 9.59 Å². The first-order chi connectivity index (χ1) is 16.7. The van der Waals surface area contributed by atoms with Crippen LogP contribution in [0.15, 0.2) is 55.2 Å². The second-order valence-electron chi connectivity index (χ2n) is 8.36. The van der Waals surface area contributed by atoms with Gasteiger partial charge in [-0.3, -0.25) is 19.0 Å². The van der Waals surface area contributed by atoms with Crippen molar-refractivity contribution in [3.63, 3.8) is 0 Å². The second-order valence-corrected chi connectivity index (χ2v) is 8.75. The summed E-state index contributed by atoms with van der Waals surface area (Å²) in [5.41, 5.74) is 4.18. The molecule has 5 aromatic rings. The summed E-state index contributed by atoms with van der Waals surface area (Å²) in [6.45, 7) is 5.61. The van der Waals surface area contributed by atoms with Crippen LogP contribution in [0.5, 0.6) is 0 Å². The van der Waals surface area contributed by atoms with E-state index in [1.165, 1.54) is 0 Å². The van der Waals surface area contributed by atoms with Crippen molar-refractivity contribution in [2.45, 2.75) is 26.8 Å². The first kappa shape index (κ1) is 22.6. The van der Waals surface area contributed by atoms with Crippen LogP contribution in [0.4, 0.5) is 5.69 Å². The summed E-state index contributed by atoms with van der Waals surface area (Å²) in [6.07, 6.45) is 3.47. The van der Waals surface area contributed by atoms with Gasteiger partial charge < -0.3 is 9.73 Å². The normalized spacial score (nSPS) is 12.3. The molecular weight excluding hydrogens is 472 g/mol. The summed E-state index contributed by atoms with van der Waals surface area (Å²) < 4.78 is 12.6. The Bertz CT molecular complexity index is 1700. The van der Waals surface area contributed by atoms with E-state index in [1.807, 2.05) is 26.0 Å². The number of nitrogens with zero attached hydrogens (tertiary/aromatic N) is 4. The van der Waals surface area contributed by atoms with Crippen LogP contribution >= 0.6 is 11.6 Å². The Morgan fingerprint density at radius 1 is 1.20 bits per heavy atom. The minimum Gasteiger partial charge on any atom is -0.455 e. The molecule has 0 saturated heterocycles. The molecule has 2 N–H and O–H groups in total. The first-order valence-electron chi connectivity index (χ1n) is 10.8. The predicted octanol–water partition coefficient (Wildman–Crippen LogP) is 4.38. The summed E-state index contributed by atoms with van der Waals surface area (Å²) in [5, 5.41) is 12.0. The van der Waals surface area contributed by atoms with Gasteiger partial charge in [-0.1, -0.05) is 22.8 Å². The van der Waals surface area contributed by atoms with E-state index in [4.69, 9.17) is 16.0 Å². The van der Waals surface area contributed by atoms with E-state index in [0.717, 1.165) is 16.7 Å². The molecule has 1 aromatic carbocycles. The van der Waals surface area contributed by atoms with Crippen LogP contribution in [-0.4, -0.2) is 24.9 Å². The number of hydrogen-bond acceptors (Lipinski definition) is 8. The van der Waals surface area contributed by atoms with Crippen LogP contribution in [0, 0.1) is 13.8 Å². The lowest BCUT2D eigenvalue weighted by Crippen LogP contribution is -2.13. The summed E-state index contributed by atoms with van der Waals surface area (Å²) in [7, 11) is 1.80. The van der Waals surface area contributed by atoms with Crippen molar-refractivity contribution >= 4 is 28.3 Å². The smallest absolute Gasteiger partial charge is 0.439 e. The molecule has 10 nitrogen and oxygen atoms in total. The lowest BCUT2D eigenvalue weighted by Gasteiger charge is -2.19. The molecule has 0 amide bonds. The Hall–Kier alpha value is -4.18. The van der Waals surface area contributed by atoms with Crippen LogP contribution < -0.4 is 16.5 Å². The van der Waals surface area contributed by atoms with Gasteiger partial charge >= 0.3 is 5.76 Å². The molecule has 0 bridgehead atoms. The molecule has 1 unspecified atom stereocenters. The van der Waals surface area contributed by atoms with Gasteiger partial charge in [0.05, 0.1) is 28.9 Å². The van der Waals surface area contributed by atoms with Crippen molar-refractivity contribution in [1.29, 1.82) is 0 Å². The van der Waals surface area contributed by atoms with Crippen LogP contribution in [0.3, 0.4) is 0 Å². The molecule has 1 atom stereocenters. The topological polar surface area (TPSA) is 132 Å². The van der Waals surface area contributed by atoms with Crippen molar-refractivity contribution in [3.05, 3.63) is 79.3 Å². The monoisotopic (exact) mass is 492 g/mol. The van der Waals surface area contributed by atoms with E-state index >= 15 is 0 Å². The fourth-order valence-corrected chi connectivity index (χ4v) is 4.23. The number of aromatic amines is 1. The molecule has 0 aliphatic heterocycles. The van der Waals surface area contributed by atoms with E-state index in [2.05, 4.69) is 30.1 Å². The number of anilines is 1. The summed E-state index contributed by atoms with van der Waals surface area (Å²) in [5.74, 6) is -0.0882. The molecule has 0 spiro atoms. The van der Waals surface area contributed by atoms with Crippen molar-refractivity contribution in [3.8, 4) is 22.8 Å². The number of halogens is 1. The molecule has 0 aliphatic rings. The third-order valence-electron chi connectivity index (χ3n) is 5.72. The zero-order valence-electron chi connectivity index (χ0n) is 19.3. The number of nitrogens with one attached hydrogen (secondary N) is 2. The van der Waals surface area contributed by atoms with Crippen LogP contribution in [0.25, 0.3) is 33.8 Å². The molecule has 0 aliphatic carbocycles. The highest BCUT2D eigenvalue weighted by Gasteiger charge is 2.21. The fourth-order valence-electron chi connectivity index (χ4n) is 4.08. The van der Waals surface area contributed by atoms with Gasteiger partial charge in [0.1, 0.15) is 22.2 Å². The molecule has 0 saturated carbocycles. The van der Waals surface area contributed by atoms with E-state index < -0.39 is 5.76 Å². The lowest BCUT2D eigenvalue weighted by molar-refractivity contribution is 0.388. The number of aryl methyl sites for hydroxylation is 2. The van der Waals surface area contributed by atoms with Crippen molar-refractivity contribution in [2.24, 2.45) is 7.05 Å². The lowest BCUT2D eigenvalue weighted by atomic mass is 9.99. The summed E-state index contributed by atoms with van der Waals surface area (Å²) in [4.78, 5) is 31.6. The van der Waals surface area contributed by atoms with Gasteiger partial charge in [-0.25, -0.2) is 9.78 Å². The predicted molar refractivity (Wildman–Crippen MR) is 132 cm³/mol. The molecule has 0 fully saturated rings. The first-order valence-corrected chi connectivity index (χ1v) is 11.2. The van der Waals surface area contributed by atoms with Gasteiger partial charge in [-0.05, 0) is 44.5 Å². The molecule has 4 heterocycles. The maximum absolute atomic E-state index is 13.3.